The van der Waals surface area contributed by atoms with E-state index in [1.807, 2.05) is 0 Å². The second-order valence-electron chi connectivity index (χ2n) is 7.93. The molecule has 0 bridgehead atoms. The Morgan fingerprint density at radius 1 is 1.19 bits per heavy atom. The van der Waals surface area contributed by atoms with Crippen LogP contribution in [0.5, 0.6) is 0 Å². The number of aryl methyl sites for hydroxylation is 1. The molecule has 2 aliphatic rings. The quantitative estimate of drug-likeness (QED) is 0.633. The molecule has 0 saturated carbocycles. The van der Waals surface area contributed by atoms with Gasteiger partial charge in [0.05, 0.1) is 0 Å². The lowest BCUT2D eigenvalue weighted by atomic mass is 9.87. The first-order valence-corrected chi connectivity index (χ1v) is 11.5. The van der Waals surface area contributed by atoms with Crippen LogP contribution < -0.4 is 5.32 Å². The van der Waals surface area contributed by atoms with Gasteiger partial charge in [0, 0.05) is 43.1 Å². The van der Waals surface area contributed by atoms with Crippen LogP contribution in [0.15, 0.2) is 22.7 Å². The number of amides is 1. The molecule has 1 unspecified atom stereocenters. The van der Waals surface area contributed by atoms with Crippen molar-refractivity contribution in [1.29, 1.82) is 0 Å². The lowest BCUT2D eigenvalue weighted by Gasteiger charge is -2.35. The number of fused-ring (bicyclic) bond motifs is 1. The summed E-state index contributed by atoms with van der Waals surface area (Å²) in [5.74, 6) is 0.320. The molecule has 1 aromatic carbocycles. The highest BCUT2D eigenvalue weighted by molar-refractivity contribution is 9.10. The van der Waals surface area contributed by atoms with Gasteiger partial charge in [-0.2, -0.15) is 0 Å². The average molecular weight is 436 g/mol. The molecular formula is C22H34BrN3O. The van der Waals surface area contributed by atoms with Crippen LogP contribution in [0, 0.1) is 0 Å². The summed E-state index contributed by atoms with van der Waals surface area (Å²) in [5, 5.41) is 3.31. The highest BCUT2D eigenvalue weighted by Gasteiger charge is 2.24. The molecule has 1 heterocycles. The fourth-order valence-corrected chi connectivity index (χ4v) is 4.86. The van der Waals surface area contributed by atoms with Crippen LogP contribution >= 0.6 is 15.9 Å². The summed E-state index contributed by atoms with van der Waals surface area (Å²) in [6.45, 7) is 8.18. The normalized spacial score (nSPS) is 20.6. The number of nitrogens with zero attached hydrogens (tertiary/aromatic N) is 2. The predicted molar refractivity (Wildman–Crippen MR) is 115 cm³/mol. The molecule has 0 radical (unpaired) electrons. The Labute approximate surface area is 172 Å². The Morgan fingerprint density at radius 2 is 2.07 bits per heavy atom. The summed E-state index contributed by atoms with van der Waals surface area (Å²) < 4.78 is 1.20. The number of carbonyl (C=O) groups excluding carboxylic acids is 1. The minimum Gasteiger partial charge on any atom is -0.341 e. The standard InChI is InChI=1S/C22H34BrN3O/c1-2-12-25(13-3-4-14-26-15-11-24-10-9-22(26)27)21-8-6-18-16-20(23)7-5-19(18)17-21/h5,7,16,21,24H,2-4,6,8-15,17H2,1H3. The third-order valence-corrected chi connectivity index (χ3v) is 6.44. The summed E-state index contributed by atoms with van der Waals surface area (Å²) in [7, 11) is 0. The third-order valence-electron chi connectivity index (χ3n) is 5.95. The first-order valence-electron chi connectivity index (χ1n) is 10.7. The lowest BCUT2D eigenvalue weighted by molar-refractivity contribution is -0.130. The summed E-state index contributed by atoms with van der Waals surface area (Å²) >= 11 is 3.60. The van der Waals surface area contributed by atoms with Crippen molar-refractivity contribution in [3.05, 3.63) is 33.8 Å². The van der Waals surface area contributed by atoms with E-state index in [-0.39, 0.29) is 0 Å². The molecule has 1 N–H and O–H groups in total. The summed E-state index contributed by atoms with van der Waals surface area (Å²) in [5.41, 5.74) is 3.04. The molecule has 1 atom stereocenters. The topological polar surface area (TPSA) is 35.6 Å². The van der Waals surface area contributed by atoms with Crippen molar-refractivity contribution < 1.29 is 4.79 Å². The van der Waals surface area contributed by atoms with Gasteiger partial charge in [-0.15, -0.1) is 0 Å². The van der Waals surface area contributed by atoms with Crippen LogP contribution in [-0.2, 0) is 17.6 Å². The fraction of sp³-hybridized carbons (Fsp3) is 0.682. The van der Waals surface area contributed by atoms with Gasteiger partial charge in [0.25, 0.3) is 0 Å². The average Bonchev–Trinajstić information content (AvgIpc) is 2.88. The molecule has 1 aliphatic heterocycles. The van der Waals surface area contributed by atoms with Crippen LogP contribution in [-0.4, -0.2) is 61.0 Å². The van der Waals surface area contributed by atoms with Crippen LogP contribution in [0.1, 0.15) is 50.2 Å². The molecule has 5 heteroatoms. The summed E-state index contributed by atoms with van der Waals surface area (Å²) in [4.78, 5) is 16.9. The maximum Gasteiger partial charge on any atom is 0.223 e. The minimum absolute atomic E-state index is 0.320. The molecule has 1 amide bonds. The van der Waals surface area contributed by atoms with E-state index in [9.17, 15) is 4.79 Å². The van der Waals surface area contributed by atoms with E-state index in [2.05, 4.69) is 56.2 Å². The molecule has 27 heavy (non-hydrogen) atoms. The Morgan fingerprint density at radius 3 is 2.93 bits per heavy atom. The van der Waals surface area contributed by atoms with E-state index in [4.69, 9.17) is 0 Å². The molecule has 150 valence electrons. The first-order chi connectivity index (χ1) is 13.2. The van der Waals surface area contributed by atoms with E-state index in [1.165, 1.54) is 54.2 Å². The maximum atomic E-state index is 12.1. The van der Waals surface area contributed by atoms with E-state index < -0.39 is 0 Å². The Hall–Kier alpha value is -0.910. The number of hydrogen-bond acceptors (Lipinski definition) is 3. The molecule has 1 fully saturated rings. The van der Waals surface area contributed by atoms with E-state index in [1.54, 1.807) is 0 Å². The number of halogens is 1. The van der Waals surface area contributed by atoms with E-state index in [0.717, 1.165) is 39.1 Å². The van der Waals surface area contributed by atoms with Crippen molar-refractivity contribution in [3.8, 4) is 0 Å². The number of hydrogen-bond donors (Lipinski definition) is 1. The largest absolute Gasteiger partial charge is 0.341 e. The number of carbonyl (C=O) groups is 1. The van der Waals surface area contributed by atoms with Gasteiger partial charge in [0.15, 0.2) is 0 Å². The molecule has 0 spiro atoms. The molecule has 0 aromatic heterocycles. The van der Waals surface area contributed by atoms with Crippen molar-refractivity contribution in [2.24, 2.45) is 0 Å². The first kappa shape index (κ1) is 20.8. The van der Waals surface area contributed by atoms with E-state index in [0.29, 0.717) is 18.4 Å². The molecule has 1 aromatic rings. The SMILES string of the molecule is CCCN(CCCCN1CCNCCC1=O)C1CCc2cc(Br)ccc2C1. The zero-order valence-electron chi connectivity index (χ0n) is 16.7. The molecule has 3 rings (SSSR count). The number of rotatable bonds is 8. The van der Waals surface area contributed by atoms with Gasteiger partial charge in [-0.25, -0.2) is 0 Å². The Bertz CT molecular complexity index is 622. The second kappa shape index (κ2) is 10.6. The monoisotopic (exact) mass is 435 g/mol. The Kier molecular flexibility index (Phi) is 8.16. The van der Waals surface area contributed by atoms with Gasteiger partial charge in [-0.3, -0.25) is 4.79 Å². The number of benzene rings is 1. The molecular weight excluding hydrogens is 402 g/mol. The van der Waals surface area contributed by atoms with Gasteiger partial charge in [-0.1, -0.05) is 28.9 Å². The van der Waals surface area contributed by atoms with Crippen molar-refractivity contribution in [2.45, 2.75) is 57.9 Å². The molecule has 4 nitrogen and oxygen atoms in total. The highest BCUT2D eigenvalue weighted by atomic mass is 79.9. The molecule has 1 aliphatic carbocycles. The van der Waals surface area contributed by atoms with Crippen molar-refractivity contribution in [1.82, 2.24) is 15.1 Å². The second-order valence-corrected chi connectivity index (χ2v) is 8.85. The number of nitrogens with one attached hydrogen (secondary N) is 1. The zero-order chi connectivity index (χ0) is 19.1. The van der Waals surface area contributed by atoms with Crippen molar-refractivity contribution in [2.75, 3.05) is 39.3 Å². The predicted octanol–water partition coefficient (Wildman–Crippen LogP) is 3.62. The highest BCUT2D eigenvalue weighted by Crippen LogP contribution is 2.27. The van der Waals surface area contributed by atoms with Gasteiger partial charge < -0.3 is 15.1 Å². The van der Waals surface area contributed by atoms with Gasteiger partial charge in [0.2, 0.25) is 5.91 Å². The number of unbranched alkanes of at least 4 members (excludes halogenated alkanes) is 1. The minimum atomic E-state index is 0.320. The van der Waals surface area contributed by atoms with Crippen LogP contribution in [0.3, 0.4) is 0 Å². The zero-order valence-corrected chi connectivity index (χ0v) is 18.3. The third kappa shape index (κ3) is 6.03. The smallest absolute Gasteiger partial charge is 0.223 e. The van der Waals surface area contributed by atoms with Crippen LogP contribution in [0.2, 0.25) is 0 Å². The van der Waals surface area contributed by atoms with Crippen molar-refractivity contribution >= 4 is 21.8 Å². The van der Waals surface area contributed by atoms with Crippen molar-refractivity contribution in [3.63, 3.8) is 0 Å². The molecule has 1 saturated heterocycles. The van der Waals surface area contributed by atoms with Gasteiger partial charge in [-0.05, 0) is 74.9 Å². The fourth-order valence-electron chi connectivity index (χ4n) is 4.45. The van der Waals surface area contributed by atoms with E-state index >= 15 is 0 Å². The summed E-state index contributed by atoms with van der Waals surface area (Å²) in [6, 6.07) is 7.44. The van der Waals surface area contributed by atoms with Gasteiger partial charge in [0.1, 0.15) is 0 Å². The van der Waals surface area contributed by atoms with Crippen LogP contribution in [0.25, 0.3) is 0 Å². The maximum absolute atomic E-state index is 12.1. The van der Waals surface area contributed by atoms with Crippen LogP contribution in [0.4, 0.5) is 0 Å². The Balaban J connectivity index is 1.47. The van der Waals surface area contributed by atoms with Gasteiger partial charge >= 0.3 is 0 Å². The summed E-state index contributed by atoms with van der Waals surface area (Å²) in [6.07, 6.45) is 7.79. The lowest BCUT2D eigenvalue weighted by Crippen LogP contribution is -2.41.